The summed E-state index contributed by atoms with van der Waals surface area (Å²) in [5, 5.41) is 6.40. The number of carbonyl (C=O) groups is 1. The van der Waals surface area contributed by atoms with Gasteiger partial charge in [0, 0.05) is 11.3 Å². The fraction of sp³-hybridized carbons (Fsp3) is 0.174. The molecule has 0 radical (unpaired) electrons. The molecule has 0 spiro atoms. The van der Waals surface area contributed by atoms with Crippen molar-refractivity contribution in [3.63, 3.8) is 0 Å². The predicted molar refractivity (Wildman–Crippen MR) is 107 cm³/mol. The summed E-state index contributed by atoms with van der Waals surface area (Å²) in [5.41, 5.74) is 3.74. The Kier molecular flexibility index (Phi) is 5.06. The first-order chi connectivity index (χ1) is 13.3. The molecule has 1 aliphatic rings. The molecule has 136 valence electrons. The van der Waals surface area contributed by atoms with E-state index in [1.54, 1.807) is 0 Å². The zero-order valence-electron chi connectivity index (χ0n) is 15.0. The number of amides is 1. The lowest BCUT2D eigenvalue weighted by Gasteiger charge is -2.29. The Hall–Kier alpha value is -3.27. The Morgan fingerprint density at radius 3 is 2.44 bits per heavy atom. The maximum absolute atomic E-state index is 12.4. The highest BCUT2D eigenvalue weighted by atomic mass is 16.5. The molecule has 3 aromatic carbocycles. The molecule has 0 fully saturated rings. The summed E-state index contributed by atoms with van der Waals surface area (Å²) in [6, 6.07) is 25.8. The Labute approximate surface area is 159 Å². The first-order valence-corrected chi connectivity index (χ1v) is 9.23. The number of aryl methyl sites for hydroxylation is 1. The van der Waals surface area contributed by atoms with Crippen molar-refractivity contribution in [2.24, 2.45) is 0 Å². The minimum absolute atomic E-state index is 0.0757. The molecule has 0 bridgehead atoms. The average Bonchev–Trinajstić information content (AvgIpc) is 2.72. The third-order valence-corrected chi connectivity index (χ3v) is 4.69. The van der Waals surface area contributed by atoms with Gasteiger partial charge in [0.05, 0.1) is 12.2 Å². The van der Waals surface area contributed by atoms with Crippen LogP contribution in [0.25, 0.3) is 0 Å². The zero-order valence-corrected chi connectivity index (χ0v) is 15.0. The standard InChI is InChI=1S/C23H22N2O2/c26-23-18-12-4-6-14-20(18)24-22(25-23)19-13-5-7-15-21(19)27-16-8-11-17-9-2-1-3-10-17/h1-7,9-10,12-15,22,24H,8,11,16H2,(H,25,26). The second-order valence-corrected chi connectivity index (χ2v) is 6.57. The van der Waals surface area contributed by atoms with Gasteiger partial charge in [-0.05, 0) is 36.6 Å². The van der Waals surface area contributed by atoms with E-state index in [-0.39, 0.29) is 12.1 Å². The van der Waals surface area contributed by atoms with E-state index >= 15 is 0 Å². The lowest BCUT2D eigenvalue weighted by Crippen LogP contribution is -2.38. The number of fused-ring (bicyclic) bond motifs is 1. The quantitative estimate of drug-likeness (QED) is 0.636. The topological polar surface area (TPSA) is 50.4 Å². The number of anilines is 1. The van der Waals surface area contributed by atoms with Gasteiger partial charge in [0.25, 0.3) is 5.91 Å². The Morgan fingerprint density at radius 2 is 1.56 bits per heavy atom. The Morgan fingerprint density at radius 1 is 0.815 bits per heavy atom. The molecular weight excluding hydrogens is 336 g/mol. The molecule has 4 heteroatoms. The third-order valence-electron chi connectivity index (χ3n) is 4.69. The molecule has 1 aliphatic heterocycles. The van der Waals surface area contributed by atoms with E-state index < -0.39 is 0 Å². The molecule has 1 amide bonds. The van der Waals surface area contributed by atoms with Gasteiger partial charge in [0.15, 0.2) is 0 Å². The number of benzene rings is 3. The highest BCUT2D eigenvalue weighted by molar-refractivity contribution is 6.01. The maximum atomic E-state index is 12.4. The summed E-state index contributed by atoms with van der Waals surface area (Å²) in [7, 11) is 0. The van der Waals surface area contributed by atoms with E-state index in [1.165, 1.54) is 5.56 Å². The van der Waals surface area contributed by atoms with Crippen molar-refractivity contribution in [2.75, 3.05) is 11.9 Å². The number of hydrogen-bond acceptors (Lipinski definition) is 3. The van der Waals surface area contributed by atoms with Gasteiger partial charge in [-0.15, -0.1) is 0 Å². The van der Waals surface area contributed by atoms with E-state index in [9.17, 15) is 4.79 Å². The van der Waals surface area contributed by atoms with Crippen LogP contribution in [0.3, 0.4) is 0 Å². The van der Waals surface area contributed by atoms with Crippen LogP contribution >= 0.6 is 0 Å². The molecule has 1 atom stereocenters. The highest BCUT2D eigenvalue weighted by Gasteiger charge is 2.26. The first-order valence-electron chi connectivity index (χ1n) is 9.23. The normalized spacial score (nSPS) is 15.4. The van der Waals surface area contributed by atoms with Gasteiger partial charge in [-0.2, -0.15) is 0 Å². The van der Waals surface area contributed by atoms with Crippen molar-refractivity contribution in [1.82, 2.24) is 5.32 Å². The van der Waals surface area contributed by atoms with E-state index in [1.807, 2.05) is 54.6 Å². The Balaban J connectivity index is 1.43. The van der Waals surface area contributed by atoms with Crippen molar-refractivity contribution in [2.45, 2.75) is 19.0 Å². The summed E-state index contributed by atoms with van der Waals surface area (Å²) in [6.07, 6.45) is 1.61. The molecule has 0 aromatic heterocycles. The number of carbonyl (C=O) groups excluding carboxylic acids is 1. The molecule has 1 unspecified atom stereocenters. The van der Waals surface area contributed by atoms with Gasteiger partial charge < -0.3 is 15.4 Å². The molecule has 4 nitrogen and oxygen atoms in total. The zero-order chi connectivity index (χ0) is 18.5. The van der Waals surface area contributed by atoms with Gasteiger partial charge in [0.2, 0.25) is 0 Å². The largest absolute Gasteiger partial charge is 0.493 e. The van der Waals surface area contributed by atoms with E-state index in [2.05, 4.69) is 34.9 Å². The summed E-state index contributed by atoms with van der Waals surface area (Å²) < 4.78 is 6.04. The summed E-state index contributed by atoms with van der Waals surface area (Å²) in [6.45, 7) is 0.628. The number of hydrogen-bond donors (Lipinski definition) is 2. The van der Waals surface area contributed by atoms with Crippen LogP contribution in [0.2, 0.25) is 0 Å². The van der Waals surface area contributed by atoms with Crippen LogP contribution in [-0.2, 0) is 6.42 Å². The molecule has 1 heterocycles. The van der Waals surface area contributed by atoms with Crippen LogP contribution in [0.4, 0.5) is 5.69 Å². The van der Waals surface area contributed by atoms with Crippen LogP contribution in [0.5, 0.6) is 5.75 Å². The Bertz CT molecular complexity index is 924. The predicted octanol–water partition coefficient (Wildman–Crippen LogP) is 4.55. The van der Waals surface area contributed by atoms with Crippen molar-refractivity contribution < 1.29 is 9.53 Å². The maximum Gasteiger partial charge on any atom is 0.255 e. The van der Waals surface area contributed by atoms with Crippen molar-refractivity contribution >= 4 is 11.6 Å². The highest BCUT2D eigenvalue weighted by Crippen LogP contribution is 2.31. The van der Waals surface area contributed by atoms with Crippen LogP contribution < -0.4 is 15.4 Å². The number of nitrogens with one attached hydrogen (secondary N) is 2. The van der Waals surface area contributed by atoms with Gasteiger partial charge >= 0.3 is 0 Å². The summed E-state index contributed by atoms with van der Waals surface area (Å²) >= 11 is 0. The lowest BCUT2D eigenvalue weighted by molar-refractivity contribution is 0.0935. The summed E-state index contributed by atoms with van der Waals surface area (Å²) in [5.74, 6) is 0.718. The molecule has 0 saturated heterocycles. The number of para-hydroxylation sites is 2. The third kappa shape index (κ3) is 3.95. The van der Waals surface area contributed by atoms with Crippen LogP contribution in [0, 0.1) is 0 Å². The molecular formula is C23H22N2O2. The average molecular weight is 358 g/mol. The second kappa shape index (κ2) is 7.96. The number of ether oxygens (including phenoxy) is 1. The minimum Gasteiger partial charge on any atom is -0.493 e. The van der Waals surface area contributed by atoms with E-state index in [4.69, 9.17) is 4.74 Å². The molecule has 0 aliphatic carbocycles. The second-order valence-electron chi connectivity index (χ2n) is 6.57. The van der Waals surface area contributed by atoms with Crippen LogP contribution in [0.1, 0.15) is 34.1 Å². The summed E-state index contributed by atoms with van der Waals surface area (Å²) in [4.78, 5) is 12.4. The van der Waals surface area contributed by atoms with Crippen molar-refractivity contribution in [3.05, 3.63) is 95.6 Å². The van der Waals surface area contributed by atoms with Gasteiger partial charge in [0.1, 0.15) is 11.9 Å². The molecule has 0 saturated carbocycles. The fourth-order valence-electron chi connectivity index (χ4n) is 3.32. The van der Waals surface area contributed by atoms with Crippen molar-refractivity contribution in [3.8, 4) is 5.75 Å². The van der Waals surface area contributed by atoms with E-state index in [0.717, 1.165) is 29.8 Å². The van der Waals surface area contributed by atoms with Crippen LogP contribution in [-0.4, -0.2) is 12.5 Å². The van der Waals surface area contributed by atoms with Crippen LogP contribution in [0.15, 0.2) is 78.9 Å². The number of rotatable bonds is 6. The fourth-order valence-corrected chi connectivity index (χ4v) is 3.32. The SMILES string of the molecule is O=C1NC(c2ccccc2OCCCc2ccccc2)Nc2ccccc21. The smallest absolute Gasteiger partial charge is 0.255 e. The molecule has 4 rings (SSSR count). The van der Waals surface area contributed by atoms with Gasteiger partial charge in [-0.3, -0.25) is 4.79 Å². The van der Waals surface area contributed by atoms with E-state index in [0.29, 0.717) is 12.2 Å². The molecule has 27 heavy (non-hydrogen) atoms. The lowest BCUT2D eigenvalue weighted by atomic mass is 10.1. The monoisotopic (exact) mass is 358 g/mol. The molecule has 3 aromatic rings. The van der Waals surface area contributed by atoms with Gasteiger partial charge in [-0.1, -0.05) is 60.7 Å². The first kappa shape index (κ1) is 17.2. The van der Waals surface area contributed by atoms with Crippen molar-refractivity contribution in [1.29, 1.82) is 0 Å². The molecule has 2 N–H and O–H groups in total. The minimum atomic E-state index is -0.308. The van der Waals surface area contributed by atoms with Gasteiger partial charge in [-0.25, -0.2) is 0 Å².